The Bertz CT molecular complexity index is 376. The number of hydrogen-bond acceptors (Lipinski definition) is 2. The second kappa shape index (κ2) is 7.82. The number of anilines is 1. The van der Waals surface area contributed by atoms with Crippen LogP contribution >= 0.6 is 0 Å². The molecule has 19 heavy (non-hydrogen) atoms. The highest BCUT2D eigenvalue weighted by atomic mass is 16.4. The number of rotatable bonds is 8. The number of aliphatic carboxylic acids is 1. The van der Waals surface area contributed by atoms with Crippen LogP contribution in [0.2, 0.25) is 0 Å². The molecule has 1 aromatic carbocycles. The van der Waals surface area contributed by atoms with Crippen molar-refractivity contribution in [2.24, 2.45) is 5.92 Å². The molecule has 1 unspecified atom stereocenters. The first kappa shape index (κ1) is 15.5. The summed E-state index contributed by atoms with van der Waals surface area (Å²) in [5.74, 6) is -0.0588. The summed E-state index contributed by atoms with van der Waals surface area (Å²) in [6, 6.07) is 10.4. The minimum atomic E-state index is -0.739. The van der Waals surface area contributed by atoms with Gasteiger partial charge in [-0.25, -0.2) is 0 Å². The molecule has 0 amide bonds. The van der Waals surface area contributed by atoms with Crippen molar-refractivity contribution in [3.63, 3.8) is 0 Å². The number of para-hydroxylation sites is 1. The van der Waals surface area contributed by atoms with Crippen molar-refractivity contribution in [2.75, 3.05) is 11.4 Å². The molecule has 0 aliphatic carbocycles. The van der Waals surface area contributed by atoms with E-state index in [9.17, 15) is 4.79 Å². The average Bonchev–Trinajstić information content (AvgIpc) is 2.37. The predicted octanol–water partition coefficient (Wildman–Crippen LogP) is 3.79. The van der Waals surface area contributed by atoms with E-state index in [0.29, 0.717) is 18.5 Å². The topological polar surface area (TPSA) is 40.5 Å². The van der Waals surface area contributed by atoms with Crippen molar-refractivity contribution in [2.45, 2.75) is 46.1 Å². The van der Waals surface area contributed by atoms with Gasteiger partial charge in [0.1, 0.15) is 0 Å². The fourth-order valence-electron chi connectivity index (χ4n) is 2.17. The van der Waals surface area contributed by atoms with Crippen LogP contribution in [0.3, 0.4) is 0 Å². The Kier molecular flexibility index (Phi) is 6.40. The molecule has 0 saturated heterocycles. The van der Waals surface area contributed by atoms with E-state index in [4.69, 9.17) is 5.11 Å². The van der Waals surface area contributed by atoms with Crippen molar-refractivity contribution >= 4 is 11.7 Å². The Morgan fingerprint density at radius 2 is 1.79 bits per heavy atom. The molecule has 0 aliphatic rings. The summed E-state index contributed by atoms with van der Waals surface area (Å²) in [5, 5.41) is 8.88. The normalized spacial score (nSPS) is 12.4. The molecule has 1 atom stereocenters. The molecule has 0 fully saturated rings. The third kappa shape index (κ3) is 5.77. The van der Waals surface area contributed by atoms with Crippen LogP contribution in [0, 0.1) is 5.92 Å². The monoisotopic (exact) mass is 263 g/mol. The van der Waals surface area contributed by atoms with Crippen molar-refractivity contribution < 1.29 is 9.90 Å². The fourth-order valence-corrected chi connectivity index (χ4v) is 2.17. The Balaban J connectivity index is 2.71. The lowest BCUT2D eigenvalue weighted by Crippen LogP contribution is -2.35. The van der Waals surface area contributed by atoms with Gasteiger partial charge in [0.2, 0.25) is 0 Å². The summed E-state index contributed by atoms with van der Waals surface area (Å²) in [7, 11) is 0. The molecule has 3 nitrogen and oxygen atoms in total. The van der Waals surface area contributed by atoms with Crippen LogP contribution in [0.4, 0.5) is 5.69 Å². The highest BCUT2D eigenvalue weighted by molar-refractivity contribution is 5.67. The van der Waals surface area contributed by atoms with Crippen LogP contribution in [-0.4, -0.2) is 23.7 Å². The molecule has 1 N–H and O–H groups in total. The Morgan fingerprint density at radius 1 is 1.16 bits per heavy atom. The number of carbonyl (C=O) groups is 1. The standard InChI is InChI=1S/C16H25NO2/c1-13(2)9-10-14(3)17(12-11-16(18)19)15-7-5-4-6-8-15/h4-8,13-14H,9-12H2,1-3H3,(H,18,19). The van der Waals surface area contributed by atoms with E-state index in [1.165, 1.54) is 0 Å². The average molecular weight is 263 g/mol. The van der Waals surface area contributed by atoms with Gasteiger partial charge >= 0.3 is 5.97 Å². The van der Waals surface area contributed by atoms with Gasteiger partial charge in [0, 0.05) is 18.3 Å². The van der Waals surface area contributed by atoms with E-state index in [2.05, 4.69) is 25.7 Å². The largest absolute Gasteiger partial charge is 0.481 e. The molecule has 0 spiro atoms. The van der Waals surface area contributed by atoms with Crippen LogP contribution in [0.25, 0.3) is 0 Å². The maximum atomic E-state index is 10.8. The van der Waals surface area contributed by atoms with Gasteiger partial charge in [-0.05, 0) is 37.8 Å². The highest BCUT2D eigenvalue weighted by Gasteiger charge is 2.15. The third-order valence-electron chi connectivity index (χ3n) is 3.35. The van der Waals surface area contributed by atoms with E-state index >= 15 is 0 Å². The molecule has 0 heterocycles. The maximum absolute atomic E-state index is 10.8. The molecule has 0 saturated carbocycles. The zero-order valence-electron chi connectivity index (χ0n) is 12.2. The molecule has 0 aromatic heterocycles. The van der Waals surface area contributed by atoms with Gasteiger partial charge in [0.25, 0.3) is 0 Å². The lowest BCUT2D eigenvalue weighted by atomic mass is 10.0. The zero-order valence-corrected chi connectivity index (χ0v) is 12.2. The Hall–Kier alpha value is -1.51. The molecular formula is C16H25NO2. The Labute approximate surface area is 116 Å². The first-order valence-corrected chi connectivity index (χ1v) is 7.04. The van der Waals surface area contributed by atoms with E-state index in [-0.39, 0.29) is 6.42 Å². The molecule has 106 valence electrons. The van der Waals surface area contributed by atoms with Gasteiger partial charge in [-0.2, -0.15) is 0 Å². The lowest BCUT2D eigenvalue weighted by Gasteiger charge is -2.31. The second-order valence-corrected chi connectivity index (χ2v) is 5.49. The smallest absolute Gasteiger partial charge is 0.305 e. The first-order valence-electron chi connectivity index (χ1n) is 7.04. The fraction of sp³-hybridized carbons (Fsp3) is 0.562. The Morgan fingerprint density at radius 3 is 2.32 bits per heavy atom. The van der Waals surface area contributed by atoms with E-state index < -0.39 is 5.97 Å². The molecule has 1 rings (SSSR count). The second-order valence-electron chi connectivity index (χ2n) is 5.49. The van der Waals surface area contributed by atoms with Crippen molar-refractivity contribution in [1.29, 1.82) is 0 Å². The number of hydrogen-bond donors (Lipinski definition) is 1. The van der Waals surface area contributed by atoms with Crippen molar-refractivity contribution in [1.82, 2.24) is 0 Å². The summed E-state index contributed by atoms with van der Waals surface area (Å²) in [6.07, 6.45) is 2.44. The zero-order chi connectivity index (χ0) is 14.3. The maximum Gasteiger partial charge on any atom is 0.305 e. The minimum Gasteiger partial charge on any atom is -0.481 e. The number of benzene rings is 1. The quantitative estimate of drug-likeness (QED) is 0.775. The molecule has 0 radical (unpaired) electrons. The first-order chi connectivity index (χ1) is 9.00. The summed E-state index contributed by atoms with van der Waals surface area (Å²) >= 11 is 0. The summed E-state index contributed by atoms with van der Waals surface area (Å²) in [5.41, 5.74) is 1.11. The number of carboxylic acid groups (broad SMARTS) is 1. The highest BCUT2D eigenvalue weighted by Crippen LogP contribution is 2.20. The van der Waals surface area contributed by atoms with Crippen LogP contribution in [-0.2, 0) is 4.79 Å². The summed E-state index contributed by atoms with van der Waals surface area (Å²) < 4.78 is 0. The van der Waals surface area contributed by atoms with Crippen molar-refractivity contribution in [3.8, 4) is 0 Å². The molecule has 0 aliphatic heterocycles. The van der Waals surface area contributed by atoms with E-state index in [0.717, 1.165) is 18.5 Å². The van der Waals surface area contributed by atoms with E-state index in [1.54, 1.807) is 0 Å². The van der Waals surface area contributed by atoms with Crippen LogP contribution in [0.5, 0.6) is 0 Å². The molecular weight excluding hydrogens is 238 g/mol. The number of carboxylic acids is 1. The van der Waals surface area contributed by atoms with Gasteiger partial charge in [0.05, 0.1) is 6.42 Å². The predicted molar refractivity (Wildman–Crippen MR) is 79.6 cm³/mol. The van der Waals surface area contributed by atoms with Crippen LogP contribution in [0.1, 0.15) is 40.0 Å². The van der Waals surface area contributed by atoms with Gasteiger partial charge in [0.15, 0.2) is 0 Å². The molecule has 1 aromatic rings. The van der Waals surface area contributed by atoms with Gasteiger partial charge in [-0.3, -0.25) is 4.79 Å². The van der Waals surface area contributed by atoms with Crippen LogP contribution in [0.15, 0.2) is 30.3 Å². The molecule has 0 bridgehead atoms. The minimum absolute atomic E-state index is 0.181. The SMILES string of the molecule is CC(C)CCC(C)N(CCC(=O)O)c1ccccc1. The summed E-state index contributed by atoms with van der Waals surface area (Å²) in [6.45, 7) is 7.18. The van der Waals surface area contributed by atoms with E-state index in [1.807, 2.05) is 30.3 Å². The van der Waals surface area contributed by atoms with Crippen molar-refractivity contribution in [3.05, 3.63) is 30.3 Å². The number of nitrogens with zero attached hydrogens (tertiary/aromatic N) is 1. The summed E-state index contributed by atoms with van der Waals surface area (Å²) in [4.78, 5) is 13.0. The molecule has 3 heteroatoms. The van der Waals surface area contributed by atoms with Gasteiger partial charge < -0.3 is 10.0 Å². The lowest BCUT2D eigenvalue weighted by molar-refractivity contribution is -0.136. The van der Waals surface area contributed by atoms with Gasteiger partial charge in [-0.15, -0.1) is 0 Å². The van der Waals surface area contributed by atoms with Crippen LogP contribution < -0.4 is 4.90 Å². The van der Waals surface area contributed by atoms with Gasteiger partial charge in [-0.1, -0.05) is 32.0 Å². The third-order valence-corrected chi connectivity index (χ3v) is 3.35.